The zero-order chi connectivity index (χ0) is 15.5. The van der Waals surface area contributed by atoms with Crippen LogP contribution >= 0.6 is 0 Å². The Bertz CT molecular complexity index is 518. The first-order valence-electron chi connectivity index (χ1n) is 8.29. The predicted molar refractivity (Wildman–Crippen MR) is 82.4 cm³/mol. The highest BCUT2D eigenvalue weighted by Gasteiger charge is 2.33. The van der Waals surface area contributed by atoms with Crippen LogP contribution in [0.25, 0.3) is 0 Å². The molecule has 2 fully saturated rings. The van der Waals surface area contributed by atoms with Crippen molar-refractivity contribution in [2.45, 2.75) is 45.1 Å². The monoisotopic (exact) mass is 304 g/mol. The first-order valence-corrected chi connectivity index (χ1v) is 8.29. The van der Waals surface area contributed by atoms with Crippen molar-refractivity contribution in [3.8, 4) is 0 Å². The normalized spacial score (nSPS) is 23.6. The third kappa shape index (κ3) is 3.03. The fourth-order valence-electron chi connectivity index (χ4n) is 3.56. The summed E-state index contributed by atoms with van der Waals surface area (Å²) < 4.78 is 4.97. The largest absolute Gasteiger partial charge is 0.472 e. The summed E-state index contributed by atoms with van der Waals surface area (Å²) in [5, 5.41) is 0. The van der Waals surface area contributed by atoms with Crippen LogP contribution in [0.1, 0.15) is 49.4 Å². The molecule has 3 heterocycles. The van der Waals surface area contributed by atoms with Crippen LogP contribution in [-0.4, -0.2) is 47.3 Å². The summed E-state index contributed by atoms with van der Waals surface area (Å²) in [6.07, 6.45) is 7.99. The van der Waals surface area contributed by atoms with Gasteiger partial charge in [0.25, 0.3) is 5.91 Å². The van der Waals surface area contributed by atoms with Crippen molar-refractivity contribution in [2.75, 3.05) is 19.6 Å². The smallest absolute Gasteiger partial charge is 0.257 e. The minimum atomic E-state index is 0.00555. The second-order valence-corrected chi connectivity index (χ2v) is 6.45. The second kappa shape index (κ2) is 6.55. The van der Waals surface area contributed by atoms with E-state index in [4.69, 9.17) is 4.42 Å². The molecule has 0 radical (unpaired) electrons. The van der Waals surface area contributed by atoms with Gasteiger partial charge in [-0.1, -0.05) is 0 Å². The highest BCUT2D eigenvalue weighted by Crippen LogP contribution is 2.25. The Labute approximate surface area is 131 Å². The van der Waals surface area contributed by atoms with Crippen LogP contribution in [0.15, 0.2) is 23.0 Å². The molecule has 120 valence electrons. The maximum Gasteiger partial charge on any atom is 0.257 e. The molecule has 1 atom stereocenters. The van der Waals surface area contributed by atoms with Crippen molar-refractivity contribution in [1.29, 1.82) is 0 Å². The van der Waals surface area contributed by atoms with Crippen LogP contribution in [0.4, 0.5) is 0 Å². The van der Waals surface area contributed by atoms with Gasteiger partial charge in [-0.05, 0) is 45.1 Å². The fraction of sp³-hybridized carbons (Fsp3) is 0.647. The lowest BCUT2D eigenvalue weighted by atomic mass is 9.92. The number of carbonyl (C=O) groups is 2. The summed E-state index contributed by atoms with van der Waals surface area (Å²) in [6.45, 7) is 4.36. The molecule has 22 heavy (non-hydrogen) atoms. The molecule has 1 unspecified atom stereocenters. The molecule has 2 aliphatic heterocycles. The van der Waals surface area contributed by atoms with Crippen molar-refractivity contribution >= 4 is 11.8 Å². The van der Waals surface area contributed by atoms with Crippen molar-refractivity contribution in [1.82, 2.24) is 9.80 Å². The standard InChI is InChI=1S/C17H24N2O3/c1-13-4-2-3-8-19(13)17(21)14-5-9-18(10-6-14)16(20)15-7-11-22-12-15/h7,11-14H,2-6,8-10H2,1H3. The number of carbonyl (C=O) groups excluding carboxylic acids is 2. The van der Waals surface area contributed by atoms with Crippen molar-refractivity contribution < 1.29 is 14.0 Å². The van der Waals surface area contributed by atoms with E-state index in [2.05, 4.69) is 11.8 Å². The minimum absolute atomic E-state index is 0.00555. The average Bonchev–Trinajstić information content (AvgIpc) is 3.09. The molecule has 1 aromatic rings. The second-order valence-electron chi connectivity index (χ2n) is 6.45. The van der Waals surface area contributed by atoms with Crippen LogP contribution in [0.5, 0.6) is 0 Å². The summed E-state index contributed by atoms with van der Waals surface area (Å²) in [7, 11) is 0. The first-order chi connectivity index (χ1) is 10.7. The minimum Gasteiger partial charge on any atom is -0.472 e. The van der Waals surface area contributed by atoms with E-state index in [9.17, 15) is 9.59 Å². The average molecular weight is 304 g/mol. The molecule has 2 aliphatic rings. The third-order valence-corrected chi connectivity index (χ3v) is 4.99. The number of nitrogens with zero attached hydrogens (tertiary/aromatic N) is 2. The molecule has 2 saturated heterocycles. The van der Waals surface area contributed by atoms with E-state index in [0.717, 1.165) is 32.2 Å². The van der Waals surface area contributed by atoms with Gasteiger partial charge in [-0.2, -0.15) is 0 Å². The lowest BCUT2D eigenvalue weighted by molar-refractivity contribution is -0.140. The van der Waals surface area contributed by atoms with Crippen LogP contribution in [-0.2, 0) is 4.79 Å². The van der Waals surface area contributed by atoms with E-state index in [-0.39, 0.29) is 11.8 Å². The number of hydrogen-bond acceptors (Lipinski definition) is 3. The summed E-state index contributed by atoms with van der Waals surface area (Å²) in [4.78, 5) is 28.8. The van der Waals surface area contributed by atoms with E-state index in [1.54, 1.807) is 6.07 Å². The van der Waals surface area contributed by atoms with Crippen LogP contribution in [0.2, 0.25) is 0 Å². The van der Waals surface area contributed by atoms with Gasteiger partial charge in [0.2, 0.25) is 5.91 Å². The quantitative estimate of drug-likeness (QED) is 0.843. The SMILES string of the molecule is CC1CCCCN1C(=O)C1CCN(C(=O)c2ccoc2)CC1. The van der Waals surface area contributed by atoms with E-state index < -0.39 is 0 Å². The number of piperidine rings is 2. The van der Waals surface area contributed by atoms with Crippen LogP contribution in [0, 0.1) is 5.92 Å². The predicted octanol–water partition coefficient (Wildman–Crippen LogP) is 2.53. The zero-order valence-electron chi connectivity index (χ0n) is 13.2. The molecule has 1 aromatic heterocycles. The van der Waals surface area contributed by atoms with Gasteiger partial charge < -0.3 is 14.2 Å². The lowest BCUT2D eigenvalue weighted by Gasteiger charge is -2.38. The van der Waals surface area contributed by atoms with E-state index >= 15 is 0 Å². The Kier molecular flexibility index (Phi) is 4.50. The molecule has 0 saturated carbocycles. The molecule has 0 aliphatic carbocycles. The highest BCUT2D eigenvalue weighted by atomic mass is 16.3. The summed E-state index contributed by atoms with van der Waals surface area (Å²) >= 11 is 0. The molecular formula is C17H24N2O3. The highest BCUT2D eigenvalue weighted by molar-refractivity contribution is 5.94. The molecule has 3 rings (SSSR count). The van der Waals surface area contributed by atoms with Gasteiger partial charge in [-0.15, -0.1) is 0 Å². The molecule has 5 nitrogen and oxygen atoms in total. The number of furan rings is 1. The van der Waals surface area contributed by atoms with Gasteiger partial charge in [0.05, 0.1) is 11.8 Å². The Morgan fingerprint density at radius 1 is 1.14 bits per heavy atom. The molecule has 2 amide bonds. The van der Waals surface area contributed by atoms with Gasteiger partial charge in [0, 0.05) is 31.6 Å². The van der Waals surface area contributed by atoms with E-state index in [1.165, 1.54) is 18.9 Å². The molecule has 0 bridgehead atoms. The first kappa shape index (κ1) is 15.1. The van der Waals surface area contributed by atoms with Gasteiger partial charge in [-0.25, -0.2) is 0 Å². The van der Waals surface area contributed by atoms with Gasteiger partial charge in [0.1, 0.15) is 6.26 Å². The van der Waals surface area contributed by atoms with Gasteiger partial charge in [-0.3, -0.25) is 9.59 Å². The fourth-order valence-corrected chi connectivity index (χ4v) is 3.56. The number of hydrogen-bond donors (Lipinski definition) is 0. The Morgan fingerprint density at radius 2 is 1.91 bits per heavy atom. The van der Waals surface area contributed by atoms with E-state index in [0.29, 0.717) is 30.6 Å². The summed E-state index contributed by atoms with van der Waals surface area (Å²) in [6, 6.07) is 2.06. The van der Waals surface area contributed by atoms with Gasteiger partial charge in [0.15, 0.2) is 0 Å². The Balaban J connectivity index is 1.55. The Hall–Kier alpha value is -1.78. The lowest BCUT2D eigenvalue weighted by Crippen LogP contribution is -2.48. The molecule has 0 aromatic carbocycles. The number of amides is 2. The summed E-state index contributed by atoms with van der Waals surface area (Å²) in [5.74, 6) is 0.377. The molecule has 0 spiro atoms. The zero-order valence-corrected chi connectivity index (χ0v) is 13.2. The number of likely N-dealkylation sites (tertiary alicyclic amines) is 2. The van der Waals surface area contributed by atoms with Crippen LogP contribution < -0.4 is 0 Å². The summed E-state index contributed by atoms with van der Waals surface area (Å²) in [5.41, 5.74) is 0.592. The van der Waals surface area contributed by atoms with Crippen molar-refractivity contribution in [2.24, 2.45) is 5.92 Å². The maximum atomic E-state index is 12.7. The molecular weight excluding hydrogens is 280 g/mol. The van der Waals surface area contributed by atoms with Crippen molar-refractivity contribution in [3.05, 3.63) is 24.2 Å². The topological polar surface area (TPSA) is 53.8 Å². The van der Waals surface area contributed by atoms with Crippen molar-refractivity contribution in [3.63, 3.8) is 0 Å². The molecule has 5 heteroatoms. The Morgan fingerprint density at radius 3 is 2.55 bits per heavy atom. The third-order valence-electron chi connectivity index (χ3n) is 4.99. The van der Waals surface area contributed by atoms with E-state index in [1.807, 2.05) is 4.90 Å². The van der Waals surface area contributed by atoms with Crippen LogP contribution in [0.3, 0.4) is 0 Å². The molecule has 0 N–H and O–H groups in total. The number of rotatable bonds is 2. The van der Waals surface area contributed by atoms with Gasteiger partial charge >= 0.3 is 0 Å². The maximum absolute atomic E-state index is 12.7.